The molecule has 1 saturated heterocycles. The molecule has 31 heavy (non-hydrogen) atoms. The Bertz CT molecular complexity index is 1030. The van der Waals surface area contributed by atoms with Crippen LogP contribution in [0.1, 0.15) is 12.8 Å². The Balaban J connectivity index is 1.26. The van der Waals surface area contributed by atoms with Crippen molar-refractivity contribution < 1.29 is 26.7 Å². The van der Waals surface area contributed by atoms with Crippen molar-refractivity contribution in [3.63, 3.8) is 0 Å². The predicted octanol–water partition coefficient (Wildman–Crippen LogP) is 3.45. The number of nitrogens with one attached hydrogen (secondary N) is 1. The molecule has 1 N–H and O–H groups in total. The number of likely N-dealkylation sites (tertiary alicyclic amines) is 1. The summed E-state index contributed by atoms with van der Waals surface area (Å²) in [6.07, 6.45) is 1.40. The standard InChI is InChI=1S/C21H23ClF2N2O4S/c22-15-4-5-19-20(10-15)30-16(13-29-19)12-26-8-6-14(7-9-26)11-25-31(27,28)21-17(23)2-1-3-18(21)24/h1-5,10,14,16,25H,6-9,11-13H2/t16-/m0/s1. The number of nitrogens with zero attached hydrogens (tertiary/aromatic N) is 1. The number of ether oxygens (including phenoxy) is 2. The average Bonchev–Trinajstić information content (AvgIpc) is 2.73. The summed E-state index contributed by atoms with van der Waals surface area (Å²) in [4.78, 5) is 1.31. The van der Waals surface area contributed by atoms with Crippen molar-refractivity contribution in [2.24, 2.45) is 5.92 Å². The lowest BCUT2D eigenvalue weighted by Gasteiger charge is -2.35. The molecular formula is C21H23ClF2N2O4S. The van der Waals surface area contributed by atoms with Gasteiger partial charge in [0.15, 0.2) is 16.4 Å². The van der Waals surface area contributed by atoms with E-state index >= 15 is 0 Å². The number of piperidine rings is 1. The van der Waals surface area contributed by atoms with Gasteiger partial charge < -0.3 is 9.47 Å². The predicted molar refractivity (Wildman–Crippen MR) is 112 cm³/mol. The molecule has 0 bridgehead atoms. The van der Waals surface area contributed by atoms with Crippen LogP contribution >= 0.6 is 11.6 Å². The van der Waals surface area contributed by atoms with Gasteiger partial charge in [-0.3, -0.25) is 4.90 Å². The van der Waals surface area contributed by atoms with Crippen molar-refractivity contribution in [2.75, 3.05) is 32.8 Å². The summed E-state index contributed by atoms with van der Waals surface area (Å²) >= 11 is 6.01. The molecule has 2 heterocycles. The Morgan fingerprint density at radius 1 is 1.10 bits per heavy atom. The molecule has 0 aliphatic carbocycles. The van der Waals surface area contributed by atoms with Crippen molar-refractivity contribution in [3.8, 4) is 11.5 Å². The molecule has 2 aliphatic heterocycles. The third kappa shape index (κ3) is 5.28. The highest BCUT2D eigenvalue weighted by Crippen LogP contribution is 2.34. The molecule has 2 aromatic carbocycles. The van der Waals surface area contributed by atoms with Crippen molar-refractivity contribution in [2.45, 2.75) is 23.8 Å². The van der Waals surface area contributed by atoms with Crippen molar-refractivity contribution >= 4 is 21.6 Å². The highest BCUT2D eigenvalue weighted by Gasteiger charge is 2.28. The minimum Gasteiger partial charge on any atom is -0.486 e. The highest BCUT2D eigenvalue weighted by molar-refractivity contribution is 7.89. The van der Waals surface area contributed by atoms with Gasteiger partial charge in [0.05, 0.1) is 0 Å². The number of sulfonamides is 1. The molecule has 168 valence electrons. The lowest BCUT2D eigenvalue weighted by molar-refractivity contribution is 0.0481. The maximum Gasteiger partial charge on any atom is 0.246 e. The van der Waals surface area contributed by atoms with Crippen LogP contribution in [0.15, 0.2) is 41.3 Å². The molecule has 1 fully saturated rings. The molecule has 4 rings (SSSR count). The Morgan fingerprint density at radius 3 is 2.52 bits per heavy atom. The number of fused-ring (bicyclic) bond motifs is 1. The van der Waals surface area contributed by atoms with E-state index < -0.39 is 26.6 Å². The fourth-order valence-corrected chi connectivity index (χ4v) is 5.29. The van der Waals surface area contributed by atoms with Gasteiger partial charge >= 0.3 is 0 Å². The molecule has 10 heteroatoms. The molecule has 0 spiro atoms. The van der Waals surface area contributed by atoms with Crippen LogP contribution in [-0.4, -0.2) is 52.2 Å². The maximum absolute atomic E-state index is 13.8. The van der Waals surface area contributed by atoms with Gasteiger partial charge in [0.1, 0.15) is 24.3 Å². The third-order valence-electron chi connectivity index (χ3n) is 5.54. The largest absolute Gasteiger partial charge is 0.486 e. The molecule has 6 nitrogen and oxygen atoms in total. The normalized spacial score (nSPS) is 20.0. The van der Waals surface area contributed by atoms with Gasteiger partial charge in [-0.2, -0.15) is 0 Å². The molecule has 0 aromatic heterocycles. The zero-order chi connectivity index (χ0) is 22.0. The number of hydrogen-bond acceptors (Lipinski definition) is 5. The molecule has 0 radical (unpaired) electrons. The topological polar surface area (TPSA) is 67.9 Å². The van der Waals surface area contributed by atoms with Crippen LogP contribution < -0.4 is 14.2 Å². The van der Waals surface area contributed by atoms with Crippen LogP contribution in [0.2, 0.25) is 5.02 Å². The Morgan fingerprint density at radius 2 is 1.81 bits per heavy atom. The van der Waals surface area contributed by atoms with E-state index in [-0.39, 0.29) is 18.6 Å². The number of rotatable bonds is 6. The minimum atomic E-state index is -4.25. The van der Waals surface area contributed by atoms with E-state index in [1.165, 1.54) is 0 Å². The van der Waals surface area contributed by atoms with E-state index in [1.807, 2.05) is 0 Å². The smallest absolute Gasteiger partial charge is 0.246 e. The van der Waals surface area contributed by atoms with Crippen molar-refractivity contribution in [3.05, 3.63) is 53.1 Å². The van der Waals surface area contributed by atoms with Crippen LogP contribution in [0.3, 0.4) is 0 Å². The summed E-state index contributed by atoms with van der Waals surface area (Å²) < 4.78 is 66.4. The Hall–Kier alpha value is -1.94. The van der Waals surface area contributed by atoms with E-state index in [1.54, 1.807) is 18.2 Å². The summed E-state index contributed by atoms with van der Waals surface area (Å²) in [7, 11) is -4.25. The number of hydrogen-bond donors (Lipinski definition) is 1. The number of halogens is 3. The fourth-order valence-electron chi connectivity index (χ4n) is 3.88. The van der Waals surface area contributed by atoms with Crippen LogP contribution in [0.4, 0.5) is 8.78 Å². The summed E-state index contributed by atoms with van der Waals surface area (Å²) in [5.41, 5.74) is 0. The Kier molecular flexibility index (Phi) is 6.66. The first-order chi connectivity index (χ1) is 14.8. The average molecular weight is 473 g/mol. The highest BCUT2D eigenvalue weighted by atomic mass is 35.5. The second-order valence-electron chi connectivity index (χ2n) is 7.79. The second-order valence-corrected chi connectivity index (χ2v) is 9.93. The minimum absolute atomic E-state index is 0.0870. The van der Waals surface area contributed by atoms with Crippen LogP contribution in [-0.2, 0) is 10.0 Å². The SMILES string of the molecule is O=S(=O)(NCC1CCN(C[C@H]2COc3ccc(Cl)cc3O2)CC1)c1c(F)cccc1F. The molecule has 2 aromatic rings. The molecule has 2 aliphatic rings. The third-order valence-corrected chi connectivity index (χ3v) is 7.25. The summed E-state index contributed by atoms with van der Waals surface area (Å²) in [5, 5.41) is 0.585. The molecule has 0 amide bonds. The first-order valence-corrected chi connectivity index (χ1v) is 11.9. The van der Waals surface area contributed by atoms with Gasteiger partial charge in [-0.1, -0.05) is 17.7 Å². The van der Waals surface area contributed by atoms with Crippen LogP contribution in [0, 0.1) is 17.6 Å². The van der Waals surface area contributed by atoms with Crippen LogP contribution in [0.5, 0.6) is 11.5 Å². The zero-order valence-corrected chi connectivity index (χ0v) is 18.3. The van der Waals surface area contributed by atoms with Gasteiger partial charge in [0, 0.05) is 24.2 Å². The lowest BCUT2D eigenvalue weighted by atomic mass is 9.97. The van der Waals surface area contributed by atoms with Gasteiger partial charge in [-0.05, 0) is 56.1 Å². The molecule has 0 unspecified atom stereocenters. The lowest BCUT2D eigenvalue weighted by Crippen LogP contribution is -2.45. The van der Waals surface area contributed by atoms with Gasteiger partial charge in [0.2, 0.25) is 10.0 Å². The number of benzene rings is 2. The molecule has 0 saturated carbocycles. The van der Waals surface area contributed by atoms with E-state index in [0.29, 0.717) is 29.7 Å². The Labute approximate surface area is 185 Å². The van der Waals surface area contributed by atoms with E-state index in [0.717, 1.165) is 44.1 Å². The van der Waals surface area contributed by atoms with Crippen molar-refractivity contribution in [1.82, 2.24) is 9.62 Å². The summed E-state index contributed by atoms with van der Waals surface area (Å²) in [6, 6.07) is 8.27. The zero-order valence-electron chi connectivity index (χ0n) is 16.7. The molecule has 1 atom stereocenters. The fraction of sp³-hybridized carbons (Fsp3) is 0.429. The summed E-state index contributed by atoms with van der Waals surface area (Å²) in [6.45, 7) is 2.80. The first kappa shape index (κ1) is 22.3. The first-order valence-electron chi connectivity index (χ1n) is 10.1. The monoisotopic (exact) mass is 472 g/mol. The second kappa shape index (κ2) is 9.28. The van der Waals surface area contributed by atoms with Gasteiger partial charge in [-0.25, -0.2) is 21.9 Å². The molecular weight excluding hydrogens is 450 g/mol. The summed E-state index contributed by atoms with van der Waals surface area (Å²) in [5.74, 6) is -0.796. The van der Waals surface area contributed by atoms with E-state index in [2.05, 4.69) is 9.62 Å². The van der Waals surface area contributed by atoms with E-state index in [9.17, 15) is 17.2 Å². The van der Waals surface area contributed by atoms with Crippen LogP contribution in [0.25, 0.3) is 0 Å². The van der Waals surface area contributed by atoms with Crippen molar-refractivity contribution in [1.29, 1.82) is 0 Å². The maximum atomic E-state index is 13.8. The van der Waals surface area contributed by atoms with Gasteiger partial charge in [0.25, 0.3) is 0 Å². The van der Waals surface area contributed by atoms with E-state index in [4.69, 9.17) is 21.1 Å². The van der Waals surface area contributed by atoms with Gasteiger partial charge in [-0.15, -0.1) is 0 Å². The quantitative estimate of drug-likeness (QED) is 0.697.